The third-order valence-corrected chi connectivity index (χ3v) is 3.90. The fraction of sp³-hybridized carbons (Fsp3) is 0.588. The van der Waals surface area contributed by atoms with Crippen LogP contribution in [-0.2, 0) is 10.2 Å². The van der Waals surface area contributed by atoms with Gasteiger partial charge >= 0.3 is 0 Å². The molecule has 1 aliphatic rings. The number of nitrogens with zero attached hydrogens (tertiary/aromatic N) is 1. The van der Waals surface area contributed by atoms with Crippen LogP contribution in [0, 0.1) is 5.82 Å². The van der Waals surface area contributed by atoms with Crippen molar-refractivity contribution in [2.24, 2.45) is 0 Å². The maximum Gasteiger partial charge on any atom is 0.254 e. The van der Waals surface area contributed by atoms with Gasteiger partial charge in [0.15, 0.2) is 0 Å². The normalized spacial score (nSPS) is 16.5. The quantitative estimate of drug-likeness (QED) is 0.927. The number of morpholine rings is 1. The van der Waals surface area contributed by atoms with Gasteiger partial charge in [-0.15, -0.1) is 0 Å². The number of halogens is 1. The fourth-order valence-corrected chi connectivity index (χ4v) is 2.41. The molecule has 1 aliphatic heterocycles. The zero-order valence-electron chi connectivity index (χ0n) is 13.6. The maximum absolute atomic E-state index is 14.1. The third kappa shape index (κ3) is 4.52. The number of hydrogen-bond donors (Lipinski definition) is 1. The zero-order chi connectivity index (χ0) is 16.2. The highest BCUT2D eigenvalue weighted by molar-refractivity contribution is 5.94. The lowest BCUT2D eigenvalue weighted by Crippen LogP contribution is -2.41. The largest absolute Gasteiger partial charge is 0.379 e. The maximum atomic E-state index is 14.1. The molecule has 1 fully saturated rings. The van der Waals surface area contributed by atoms with Crippen molar-refractivity contribution >= 4 is 5.91 Å². The molecule has 1 N–H and O–H groups in total. The van der Waals surface area contributed by atoms with Crippen LogP contribution in [-0.4, -0.2) is 50.2 Å². The van der Waals surface area contributed by atoms with Crippen molar-refractivity contribution in [1.82, 2.24) is 10.2 Å². The minimum atomic E-state index is -0.462. The van der Waals surface area contributed by atoms with E-state index in [1.165, 1.54) is 6.07 Å². The summed E-state index contributed by atoms with van der Waals surface area (Å²) >= 11 is 0. The van der Waals surface area contributed by atoms with Gasteiger partial charge in [0.25, 0.3) is 5.91 Å². The van der Waals surface area contributed by atoms with Crippen LogP contribution in [0.4, 0.5) is 4.39 Å². The molecule has 1 amide bonds. The number of nitrogens with one attached hydrogen (secondary N) is 1. The number of carbonyl (C=O) groups is 1. The van der Waals surface area contributed by atoms with Crippen LogP contribution in [0.1, 0.15) is 36.7 Å². The molecule has 1 heterocycles. The molecule has 2 rings (SSSR count). The molecule has 0 aromatic heterocycles. The van der Waals surface area contributed by atoms with Crippen LogP contribution < -0.4 is 5.32 Å². The average Bonchev–Trinajstić information content (AvgIpc) is 2.47. The summed E-state index contributed by atoms with van der Waals surface area (Å²) in [7, 11) is 0. The molecular formula is C17H25FN2O2. The van der Waals surface area contributed by atoms with E-state index in [1.807, 2.05) is 26.8 Å². The third-order valence-electron chi connectivity index (χ3n) is 3.90. The van der Waals surface area contributed by atoms with Crippen molar-refractivity contribution in [3.63, 3.8) is 0 Å². The Balaban J connectivity index is 1.89. The Hall–Kier alpha value is -1.46. The molecule has 0 atom stereocenters. The molecule has 1 aromatic carbocycles. The molecule has 5 heteroatoms. The summed E-state index contributed by atoms with van der Waals surface area (Å²) in [5.74, 6) is -0.817. The molecule has 0 spiro atoms. The van der Waals surface area contributed by atoms with Crippen molar-refractivity contribution in [2.45, 2.75) is 26.2 Å². The zero-order valence-corrected chi connectivity index (χ0v) is 13.6. The molecule has 0 radical (unpaired) electrons. The number of carbonyl (C=O) groups excluding carboxylic acids is 1. The molecule has 1 saturated heterocycles. The predicted octanol–water partition coefficient (Wildman–Crippen LogP) is 2.19. The van der Waals surface area contributed by atoms with Gasteiger partial charge in [-0.3, -0.25) is 9.69 Å². The van der Waals surface area contributed by atoms with Crippen LogP contribution in [0.25, 0.3) is 0 Å². The lowest BCUT2D eigenvalue weighted by atomic mass is 9.86. The molecule has 0 unspecified atom stereocenters. The summed E-state index contributed by atoms with van der Waals surface area (Å²) in [4.78, 5) is 14.3. The van der Waals surface area contributed by atoms with Crippen molar-refractivity contribution in [2.75, 3.05) is 39.4 Å². The molecule has 0 bridgehead atoms. The average molecular weight is 308 g/mol. The molecule has 0 aliphatic carbocycles. The summed E-state index contributed by atoms with van der Waals surface area (Å²) in [6.07, 6.45) is 0. The van der Waals surface area contributed by atoms with Gasteiger partial charge in [0.1, 0.15) is 5.82 Å². The fourth-order valence-electron chi connectivity index (χ4n) is 2.41. The van der Waals surface area contributed by atoms with Crippen molar-refractivity contribution in [3.8, 4) is 0 Å². The van der Waals surface area contributed by atoms with Crippen LogP contribution in [0.3, 0.4) is 0 Å². The highest BCUT2D eigenvalue weighted by Gasteiger charge is 2.18. The van der Waals surface area contributed by atoms with Crippen molar-refractivity contribution in [3.05, 3.63) is 35.1 Å². The predicted molar refractivity (Wildman–Crippen MR) is 84.7 cm³/mol. The Labute approximate surface area is 131 Å². The molecule has 22 heavy (non-hydrogen) atoms. The van der Waals surface area contributed by atoms with Gasteiger partial charge in [-0.1, -0.05) is 26.8 Å². The summed E-state index contributed by atoms with van der Waals surface area (Å²) < 4.78 is 19.4. The summed E-state index contributed by atoms with van der Waals surface area (Å²) in [6, 6.07) is 4.84. The molecule has 4 nitrogen and oxygen atoms in total. The van der Waals surface area contributed by atoms with Crippen LogP contribution in [0.15, 0.2) is 18.2 Å². The number of rotatable bonds is 4. The minimum Gasteiger partial charge on any atom is -0.379 e. The van der Waals surface area contributed by atoms with Crippen LogP contribution in [0.2, 0.25) is 0 Å². The van der Waals surface area contributed by atoms with E-state index < -0.39 is 5.82 Å². The van der Waals surface area contributed by atoms with Gasteiger partial charge in [-0.25, -0.2) is 4.39 Å². The summed E-state index contributed by atoms with van der Waals surface area (Å²) in [5.41, 5.74) is 0.858. The van der Waals surface area contributed by atoms with E-state index in [1.54, 1.807) is 6.07 Å². The Kier molecular flexibility index (Phi) is 5.53. The second-order valence-corrected chi connectivity index (χ2v) is 6.65. The standard InChI is InChI=1S/C17H25FN2O2/c1-17(2,3)13-4-5-14(15(18)12-13)16(21)19-6-7-20-8-10-22-11-9-20/h4-5,12H,6-11H2,1-3H3,(H,19,21). The first-order valence-corrected chi connectivity index (χ1v) is 7.76. The molecule has 1 aromatic rings. The van der Waals surface area contributed by atoms with Gasteiger partial charge in [0, 0.05) is 26.2 Å². The highest BCUT2D eigenvalue weighted by atomic mass is 19.1. The topological polar surface area (TPSA) is 41.6 Å². The first-order chi connectivity index (χ1) is 10.4. The number of amides is 1. The first kappa shape index (κ1) is 16.9. The Morgan fingerprint density at radius 2 is 2.00 bits per heavy atom. The van der Waals surface area contributed by atoms with Crippen LogP contribution >= 0.6 is 0 Å². The monoisotopic (exact) mass is 308 g/mol. The van der Waals surface area contributed by atoms with Gasteiger partial charge in [0.05, 0.1) is 18.8 Å². The Morgan fingerprint density at radius 3 is 2.59 bits per heavy atom. The van der Waals surface area contributed by atoms with Gasteiger partial charge < -0.3 is 10.1 Å². The Bertz CT molecular complexity index is 520. The van der Waals surface area contributed by atoms with Gasteiger partial charge in [-0.2, -0.15) is 0 Å². The molecule has 122 valence electrons. The highest BCUT2D eigenvalue weighted by Crippen LogP contribution is 2.24. The molecule has 0 saturated carbocycles. The second-order valence-electron chi connectivity index (χ2n) is 6.65. The number of ether oxygens (including phenoxy) is 1. The van der Waals surface area contributed by atoms with E-state index in [9.17, 15) is 9.18 Å². The van der Waals surface area contributed by atoms with Crippen molar-refractivity contribution < 1.29 is 13.9 Å². The lowest BCUT2D eigenvalue weighted by Gasteiger charge is -2.26. The minimum absolute atomic E-state index is 0.106. The van der Waals surface area contributed by atoms with Crippen molar-refractivity contribution in [1.29, 1.82) is 0 Å². The molecular weight excluding hydrogens is 283 g/mol. The van der Waals surface area contributed by atoms with E-state index in [0.29, 0.717) is 6.54 Å². The Morgan fingerprint density at radius 1 is 1.32 bits per heavy atom. The second kappa shape index (κ2) is 7.20. The smallest absolute Gasteiger partial charge is 0.254 e. The van der Waals surface area contributed by atoms with E-state index in [-0.39, 0.29) is 16.9 Å². The summed E-state index contributed by atoms with van der Waals surface area (Å²) in [5, 5.41) is 2.78. The van der Waals surface area contributed by atoms with E-state index in [0.717, 1.165) is 38.4 Å². The SMILES string of the molecule is CC(C)(C)c1ccc(C(=O)NCCN2CCOCC2)c(F)c1. The summed E-state index contributed by atoms with van der Waals surface area (Å²) in [6.45, 7) is 10.6. The van der Waals surface area contributed by atoms with Gasteiger partial charge in [-0.05, 0) is 23.1 Å². The number of benzene rings is 1. The van der Waals surface area contributed by atoms with Crippen LogP contribution in [0.5, 0.6) is 0 Å². The van der Waals surface area contributed by atoms with E-state index in [4.69, 9.17) is 4.74 Å². The van der Waals surface area contributed by atoms with E-state index >= 15 is 0 Å². The van der Waals surface area contributed by atoms with Gasteiger partial charge in [0.2, 0.25) is 0 Å². The lowest BCUT2D eigenvalue weighted by molar-refractivity contribution is 0.0383. The van der Waals surface area contributed by atoms with E-state index in [2.05, 4.69) is 10.2 Å². The first-order valence-electron chi connectivity index (χ1n) is 7.76. The number of hydrogen-bond acceptors (Lipinski definition) is 3.